The maximum Gasteiger partial charge on any atom is 0.109 e. The summed E-state index contributed by atoms with van der Waals surface area (Å²) in [6, 6.07) is 0. The molecule has 0 aromatic heterocycles. The molecular formula is C3H7IO2. The van der Waals surface area contributed by atoms with Gasteiger partial charge in [-0.15, -0.1) is 0 Å². The van der Waals surface area contributed by atoms with Crippen molar-refractivity contribution in [3.05, 3.63) is 0 Å². The number of halogens is 1. The second-order valence-corrected chi connectivity index (χ2v) is 1.75. The smallest absolute Gasteiger partial charge is 0.109 e. The van der Waals surface area contributed by atoms with Gasteiger partial charge in [-0.1, -0.05) is 0 Å². The number of hydrogen-bond acceptors (Lipinski definition) is 2. The zero-order chi connectivity index (χ0) is 4.99. The fraction of sp³-hybridized carbons (Fsp3) is 1.00. The highest BCUT2D eigenvalue weighted by molar-refractivity contribution is 14.1. The summed E-state index contributed by atoms with van der Waals surface area (Å²) in [5, 5.41) is 8.42. The predicted octanol–water partition coefficient (Wildman–Crippen LogP) is 0.734. The lowest BCUT2D eigenvalue weighted by atomic mass is 10.5. The highest BCUT2D eigenvalue weighted by Gasteiger charge is 1.88. The molecule has 0 aromatic carbocycles. The van der Waals surface area contributed by atoms with Crippen molar-refractivity contribution in [3.8, 4) is 0 Å². The molecule has 0 bridgehead atoms. The summed E-state index contributed by atoms with van der Waals surface area (Å²) in [5.41, 5.74) is 0. The molecule has 0 heterocycles. The van der Waals surface area contributed by atoms with Crippen LogP contribution in [-0.4, -0.2) is 17.8 Å². The number of hydrogen-bond donors (Lipinski definition) is 1. The first kappa shape index (κ1) is 6.65. The molecule has 1 atom stereocenters. The summed E-state index contributed by atoms with van der Waals surface area (Å²) < 4.78 is 4.52. The highest BCUT2D eigenvalue weighted by atomic mass is 127. The molecule has 1 unspecified atom stereocenters. The predicted molar refractivity (Wildman–Crippen MR) is 31.7 cm³/mol. The highest BCUT2D eigenvalue weighted by Crippen LogP contribution is 1.87. The summed E-state index contributed by atoms with van der Waals surface area (Å²) in [7, 11) is 0. The summed E-state index contributed by atoms with van der Waals surface area (Å²) >= 11 is 1.74. The van der Waals surface area contributed by atoms with Gasteiger partial charge in [0.15, 0.2) is 0 Å². The van der Waals surface area contributed by atoms with Crippen LogP contribution in [0.15, 0.2) is 0 Å². The number of rotatable bonds is 2. The van der Waals surface area contributed by atoms with E-state index >= 15 is 0 Å². The molecule has 0 aliphatic carbocycles. The van der Waals surface area contributed by atoms with E-state index in [-0.39, 0.29) is 6.10 Å². The van der Waals surface area contributed by atoms with E-state index in [0.717, 1.165) is 0 Å². The van der Waals surface area contributed by atoms with Crippen LogP contribution < -0.4 is 0 Å². The van der Waals surface area contributed by atoms with E-state index in [1.807, 2.05) is 0 Å². The standard InChI is InChI=1S/C3H7IO2/c1-3(5)2-6-4/h3,5H,2H2,1H3. The Morgan fingerprint density at radius 3 is 2.50 bits per heavy atom. The van der Waals surface area contributed by atoms with Crippen molar-refractivity contribution >= 4 is 23.0 Å². The third-order valence-corrected chi connectivity index (χ3v) is 0.664. The van der Waals surface area contributed by atoms with Crippen LogP contribution in [0.2, 0.25) is 0 Å². The quantitative estimate of drug-likeness (QED) is 0.669. The molecule has 38 valence electrons. The first-order valence-electron chi connectivity index (χ1n) is 1.69. The molecule has 0 spiro atoms. The Labute approximate surface area is 51.2 Å². The molecular weight excluding hydrogens is 195 g/mol. The van der Waals surface area contributed by atoms with E-state index in [0.29, 0.717) is 6.61 Å². The fourth-order valence-electron chi connectivity index (χ4n) is 0.0912. The Morgan fingerprint density at radius 1 is 2.00 bits per heavy atom. The van der Waals surface area contributed by atoms with Crippen LogP contribution in [0, 0.1) is 0 Å². The van der Waals surface area contributed by atoms with Crippen LogP contribution in [0.5, 0.6) is 0 Å². The van der Waals surface area contributed by atoms with Crippen LogP contribution in [0.3, 0.4) is 0 Å². The van der Waals surface area contributed by atoms with Crippen molar-refractivity contribution in [1.29, 1.82) is 0 Å². The zero-order valence-corrected chi connectivity index (χ0v) is 5.68. The van der Waals surface area contributed by atoms with Gasteiger partial charge >= 0.3 is 0 Å². The normalized spacial score (nSPS) is 14.5. The molecule has 1 N–H and O–H groups in total. The molecule has 6 heavy (non-hydrogen) atoms. The van der Waals surface area contributed by atoms with Crippen LogP contribution >= 0.6 is 23.0 Å². The molecule has 0 fully saturated rings. The third kappa shape index (κ3) is 4.65. The maximum atomic E-state index is 8.42. The van der Waals surface area contributed by atoms with E-state index in [1.54, 1.807) is 29.9 Å². The van der Waals surface area contributed by atoms with Crippen LogP contribution in [0.25, 0.3) is 0 Å². The van der Waals surface area contributed by atoms with Crippen molar-refractivity contribution in [1.82, 2.24) is 0 Å². The second-order valence-electron chi connectivity index (χ2n) is 1.12. The van der Waals surface area contributed by atoms with Gasteiger partial charge in [0, 0.05) is 0 Å². The van der Waals surface area contributed by atoms with Crippen LogP contribution in [0.4, 0.5) is 0 Å². The van der Waals surface area contributed by atoms with E-state index in [9.17, 15) is 0 Å². The molecule has 0 rings (SSSR count). The first-order valence-corrected chi connectivity index (χ1v) is 2.57. The average Bonchev–Trinajstić information content (AvgIpc) is 1.35. The Bertz CT molecular complexity index is 30.0. The minimum absolute atomic E-state index is 0.332. The van der Waals surface area contributed by atoms with Crippen LogP contribution in [-0.2, 0) is 3.07 Å². The lowest BCUT2D eigenvalue weighted by molar-refractivity contribution is 0.146. The van der Waals surface area contributed by atoms with Gasteiger partial charge in [-0.2, -0.15) is 0 Å². The van der Waals surface area contributed by atoms with E-state index in [4.69, 9.17) is 5.11 Å². The fourth-order valence-corrected chi connectivity index (χ4v) is 0.612. The molecule has 0 amide bonds. The minimum Gasteiger partial charge on any atom is -0.391 e. The summed E-state index contributed by atoms with van der Waals surface area (Å²) in [6.45, 7) is 2.10. The SMILES string of the molecule is CC(O)COI. The topological polar surface area (TPSA) is 29.5 Å². The lowest BCUT2D eigenvalue weighted by Gasteiger charge is -1.95. The second kappa shape index (κ2) is 3.83. The number of aliphatic hydroxyl groups is 1. The van der Waals surface area contributed by atoms with Gasteiger partial charge in [0.2, 0.25) is 0 Å². The largest absolute Gasteiger partial charge is 0.391 e. The Hall–Kier alpha value is 0.650. The molecule has 0 aliphatic heterocycles. The molecule has 0 saturated heterocycles. The summed E-state index contributed by atoms with van der Waals surface area (Å²) in [4.78, 5) is 0. The molecule has 0 saturated carbocycles. The van der Waals surface area contributed by atoms with E-state index in [1.165, 1.54) is 0 Å². The summed E-state index contributed by atoms with van der Waals surface area (Å²) in [5.74, 6) is 0. The monoisotopic (exact) mass is 202 g/mol. The van der Waals surface area contributed by atoms with Crippen molar-refractivity contribution in [3.63, 3.8) is 0 Å². The van der Waals surface area contributed by atoms with Crippen molar-refractivity contribution in [2.75, 3.05) is 6.61 Å². The van der Waals surface area contributed by atoms with Crippen LogP contribution in [0.1, 0.15) is 6.92 Å². The third-order valence-electron chi connectivity index (χ3n) is 0.304. The molecule has 0 aromatic rings. The van der Waals surface area contributed by atoms with Gasteiger partial charge in [-0.3, -0.25) is 0 Å². The Kier molecular flexibility index (Phi) is 4.24. The van der Waals surface area contributed by atoms with Gasteiger partial charge in [0.25, 0.3) is 0 Å². The average molecular weight is 202 g/mol. The first-order chi connectivity index (χ1) is 2.77. The molecule has 0 aliphatic rings. The van der Waals surface area contributed by atoms with Gasteiger partial charge in [0.05, 0.1) is 12.7 Å². The lowest BCUT2D eigenvalue weighted by Crippen LogP contribution is -2.04. The van der Waals surface area contributed by atoms with Gasteiger partial charge in [-0.05, 0) is 6.92 Å². The van der Waals surface area contributed by atoms with Crippen molar-refractivity contribution < 1.29 is 8.17 Å². The van der Waals surface area contributed by atoms with E-state index in [2.05, 4.69) is 3.07 Å². The van der Waals surface area contributed by atoms with E-state index < -0.39 is 0 Å². The number of aliphatic hydroxyl groups excluding tert-OH is 1. The molecule has 0 radical (unpaired) electrons. The zero-order valence-electron chi connectivity index (χ0n) is 3.52. The molecule has 3 heteroatoms. The van der Waals surface area contributed by atoms with Gasteiger partial charge in [0.1, 0.15) is 23.0 Å². The van der Waals surface area contributed by atoms with Crippen molar-refractivity contribution in [2.24, 2.45) is 0 Å². The molecule has 2 nitrogen and oxygen atoms in total. The maximum absolute atomic E-state index is 8.42. The van der Waals surface area contributed by atoms with Gasteiger partial charge < -0.3 is 8.17 Å². The minimum atomic E-state index is -0.332. The Balaban J connectivity index is 2.63. The van der Waals surface area contributed by atoms with Gasteiger partial charge in [-0.25, -0.2) is 0 Å². The Morgan fingerprint density at radius 2 is 2.50 bits per heavy atom. The van der Waals surface area contributed by atoms with Crippen molar-refractivity contribution in [2.45, 2.75) is 13.0 Å². The summed E-state index contributed by atoms with van der Waals surface area (Å²) in [6.07, 6.45) is -0.332.